The molecule has 0 atom stereocenters. The predicted octanol–water partition coefficient (Wildman–Crippen LogP) is 1.09. The molecular formula is C11H17N3O. The third kappa shape index (κ3) is 1.54. The third-order valence-electron chi connectivity index (χ3n) is 2.99. The molecule has 1 aliphatic heterocycles. The van der Waals surface area contributed by atoms with Gasteiger partial charge < -0.3 is 4.90 Å². The van der Waals surface area contributed by atoms with E-state index >= 15 is 0 Å². The fourth-order valence-corrected chi connectivity index (χ4v) is 1.99. The van der Waals surface area contributed by atoms with Crippen molar-refractivity contribution in [2.75, 3.05) is 18.0 Å². The van der Waals surface area contributed by atoms with Gasteiger partial charge in [-0.2, -0.15) is 0 Å². The first kappa shape index (κ1) is 10.2. The number of aromatic nitrogens is 2. The molecule has 0 fully saturated rings. The van der Waals surface area contributed by atoms with Crippen LogP contribution in [0.5, 0.6) is 0 Å². The van der Waals surface area contributed by atoms with E-state index in [1.807, 2.05) is 13.8 Å². The van der Waals surface area contributed by atoms with Crippen LogP contribution in [0.2, 0.25) is 0 Å². The number of aryl methyl sites for hydroxylation is 1. The highest BCUT2D eigenvalue weighted by atomic mass is 16.1. The third-order valence-corrected chi connectivity index (χ3v) is 2.99. The van der Waals surface area contributed by atoms with Crippen molar-refractivity contribution in [2.45, 2.75) is 33.7 Å². The Balaban J connectivity index is 2.51. The zero-order valence-electron chi connectivity index (χ0n) is 9.58. The zero-order valence-corrected chi connectivity index (χ0v) is 9.58. The molecule has 0 bridgehead atoms. The van der Waals surface area contributed by atoms with E-state index in [9.17, 15) is 4.79 Å². The molecule has 1 aliphatic rings. The second-order valence-corrected chi connectivity index (χ2v) is 4.07. The minimum absolute atomic E-state index is 0.121. The lowest BCUT2D eigenvalue weighted by Crippen LogP contribution is -2.25. The molecule has 2 heterocycles. The van der Waals surface area contributed by atoms with Crippen LogP contribution in [0.4, 0.5) is 5.95 Å². The molecular weight excluding hydrogens is 190 g/mol. The van der Waals surface area contributed by atoms with E-state index in [2.05, 4.69) is 16.8 Å². The Hall–Kier alpha value is -1.32. The summed E-state index contributed by atoms with van der Waals surface area (Å²) in [6.45, 7) is 8.57. The smallest absolute Gasteiger partial charge is 0.258 e. The Morgan fingerprint density at radius 1 is 1.33 bits per heavy atom. The summed E-state index contributed by atoms with van der Waals surface area (Å²) in [6.07, 6.45) is 1.09. The van der Waals surface area contributed by atoms with Crippen molar-refractivity contribution in [2.24, 2.45) is 0 Å². The van der Waals surface area contributed by atoms with Crippen LogP contribution in [0.1, 0.15) is 24.6 Å². The Bertz CT molecular complexity index is 436. The van der Waals surface area contributed by atoms with Crippen LogP contribution in [-0.2, 0) is 6.54 Å². The van der Waals surface area contributed by atoms with Crippen LogP contribution in [0.15, 0.2) is 4.79 Å². The monoisotopic (exact) mass is 207 g/mol. The largest absolute Gasteiger partial charge is 0.340 e. The maximum atomic E-state index is 11.9. The zero-order chi connectivity index (χ0) is 11.0. The fourth-order valence-electron chi connectivity index (χ4n) is 1.99. The Morgan fingerprint density at radius 3 is 2.73 bits per heavy atom. The summed E-state index contributed by atoms with van der Waals surface area (Å²) < 4.78 is 1.79. The molecule has 0 aliphatic carbocycles. The van der Waals surface area contributed by atoms with Gasteiger partial charge in [-0.3, -0.25) is 9.36 Å². The van der Waals surface area contributed by atoms with Crippen molar-refractivity contribution in [3.63, 3.8) is 0 Å². The predicted molar refractivity (Wildman–Crippen MR) is 60.5 cm³/mol. The summed E-state index contributed by atoms with van der Waals surface area (Å²) in [5.74, 6) is 0.852. The quantitative estimate of drug-likeness (QED) is 0.728. The topological polar surface area (TPSA) is 38.1 Å². The minimum atomic E-state index is 0.121. The molecule has 0 saturated carbocycles. The van der Waals surface area contributed by atoms with Crippen molar-refractivity contribution < 1.29 is 0 Å². The lowest BCUT2D eigenvalue weighted by Gasteiger charge is -2.16. The molecule has 1 aromatic rings. The number of fused-ring (bicyclic) bond motifs is 1. The van der Waals surface area contributed by atoms with Gasteiger partial charge in [-0.15, -0.1) is 0 Å². The second kappa shape index (κ2) is 3.68. The summed E-state index contributed by atoms with van der Waals surface area (Å²) in [4.78, 5) is 18.6. The number of rotatable bonds is 2. The highest BCUT2D eigenvalue weighted by molar-refractivity contribution is 5.37. The van der Waals surface area contributed by atoms with Gasteiger partial charge in [0, 0.05) is 30.9 Å². The lowest BCUT2D eigenvalue weighted by molar-refractivity contribution is 0.736. The first-order chi connectivity index (χ1) is 7.15. The van der Waals surface area contributed by atoms with E-state index in [4.69, 9.17) is 0 Å². The highest BCUT2D eigenvalue weighted by Gasteiger charge is 2.22. The van der Waals surface area contributed by atoms with Gasteiger partial charge in [-0.1, -0.05) is 6.92 Å². The number of nitrogens with zero attached hydrogens (tertiary/aromatic N) is 3. The summed E-state index contributed by atoms with van der Waals surface area (Å²) in [5, 5.41) is 0. The van der Waals surface area contributed by atoms with E-state index in [1.54, 1.807) is 4.57 Å². The van der Waals surface area contributed by atoms with E-state index in [1.165, 1.54) is 0 Å². The normalized spacial score (nSPS) is 14.5. The first-order valence-corrected chi connectivity index (χ1v) is 5.48. The standard InChI is InChI=1S/C11H17N3O/c1-4-5-13-6-7-14-10(15)8(2)9(3)12-11(13)14/h4-7H2,1-3H3. The molecule has 82 valence electrons. The molecule has 0 spiro atoms. The lowest BCUT2D eigenvalue weighted by atomic mass is 10.3. The van der Waals surface area contributed by atoms with Gasteiger partial charge in [-0.25, -0.2) is 4.98 Å². The Morgan fingerprint density at radius 2 is 2.07 bits per heavy atom. The number of hydrogen-bond acceptors (Lipinski definition) is 3. The summed E-state index contributed by atoms with van der Waals surface area (Å²) >= 11 is 0. The molecule has 4 nitrogen and oxygen atoms in total. The van der Waals surface area contributed by atoms with Gasteiger partial charge in [0.05, 0.1) is 0 Å². The van der Waals surface area contributed by atoms with Crippen LogP contribution in [0.25, 0.3) is 0 Å². The maximum absolute atomic E-state index is 11.9. The van der Waals surface area contributed by atoms with E-state index in [-0.39, 0.29) is 5.56 Å². The second-order valence-electron chi connectivity index (χ2n) is 4.07. The maximum Gasteiger partial charge on any atom is 0.258 e. The number of hydrogen-bond donors (Lipinski definition) is 0. The molecule has 0 amide bonds. The van der Waals surface area contributed by atoms with Gasteiger partial charge in [0.2, 0.25) is 5.95 Å². The van der Waals surface area contributed by atoms with Crippen molar-refractivity contribution >= 4 is 5.95 Å². The molecule has 0 saturated heterocycles. The summed E-state index contributed by atoms with van der Waals surface area (Å²) in [5.41, 5.74) is 1.75. The van der Waals surface area contributed by atoms with Crippen LogP contribution in [0.3, 0.4) is 0 Å². The SMILES string of the molecule is CCCN1CCn2c1nc(C)c(C)c2=O. The molecule has 0 radical (unpaired) electrons. The first-order valence-electron chi connectivity index (χ1n) is 5.48. The number of anilines is 1. The van der Waals surface area contributed by atoms with Crippen LogP contribution in [-0.4, -0.2) is 22.6 Å². The molecule has 0 aromatic carbocycles. The van der Waals surface area contributed by atoms with Gasteiger partial charge in [0.25, 0.3) is 5.56 Å². The van der Waals surface area contributed by atoms with Crippen molar-refractivity contribution in [1.82, 2.24) is 9.55 Å². The minimum Gasteiger partial charge on any atom is -0.340 e. The molecule has 1 aromatic heterocycles. The van der Waals surface area contributed by atoms with Gasteiger partial charge in [0.15, 0.2) is 0 Å². The van der Waals surface area contributed by atoms with Crippen LogP contribution < -0.4 is 10.5 Å². The fraction of sp³-hybridized carbons (Fsp3) is 0.636. The van der Waals surface area contributed by atoms with Crippen molar-refractivity contribution in [1.29, 1.82) is 0 Å². The van der Waals surface area contributed by atoms with Crippen LogP contribution in [0, 0.1) is 13.8 Å². The highest BCUT2D eigenvalue weighted by Crippen LogP contribution is 2.17. The average molecular weight is 207 g/mol. The van der Waals surface area contributed by atoms with E-state index < -0.39 is 0 Å². The average Bonchev–Trinajstić information content (AvgIpc) is 2.59. The van der Waals surface area contributed by atoms with Gasteiger partial charge >= 0.3 is 0 Å². The molecule has 2 rings (SSSR count). The van der Waals surface area contributed by atoms with Crippen molar-refractivity contribution in [3.8, 4) is 0 Å². The Kier molecular flexibility index (Phi) is 2.50. The molecule has 15 heavy (non-hydrogen) atoms. The van der Waals surface area contributed by atoms with Crippen molar-refractivity contribution in [3.05, 3.63) is 21.6 Å². The van der Waals surface area contributed by atoms with Gasteiger partial charge in [-0.05, 0) is 20.3 Å². The van der Waals surface area contributed by atoms with E-state index in [0.717, 1.165) is 43.3 Å². The van der Waals surface area contributed by atoms with Crippen LogP contribution >= 0.6 is 0 Å². The summed E-state index contributed by atoms with van der Waals surface area (Å²) in [7, 11) is 0. The summed E-state index contributed by atoms with van der Waals surface area (Å²) in [6, 6.07) is 0. The molecule has 0 unspecified atom stereocenters. The van der Waals surface area contributed by atoms with Gasteiger partial charge in [0.1, 0.15) is 0 Å². The molecule has 0 N–H and O–H groups in total. The molecule has 4 heteroatoms. The van der Waals surface area contributed by atoms with E-state index in [0.29, 0.717) is 0 Å². The Labute approximate surface area is 89.6 Å².